The Morgan fingerprint density at radius 1 is 1.10 bits per heavy atom. The SMILES string of the molecule is CN=C(NCCCC(=O)N1Cc2ccccc2C1)NCC1(c2cccc(F)c2)CC1. The number of benzene rings is 2. The van der Waals surface area contributed by atoms with Gasteiger partial charge in [-0.2, -0.15) is 0 Å². The predicted octanol–water partition coefficient (Wildman–Crippen LogP) is 3.34. The summed E-state index contributed by atoms with van der Waals surface area (Å²) in [6, 6.07) is 15.1. The first-order valence-corrected chi connectivity index (χ1v) is 10.6. The van der Waals surface area contributed by atoms with Gasteiger partial charge in [-0.25, -0.2) is 4.39 Å². The summed E-state index contributed by atoms with van der Waals surface area (Å²) in [4.78, 5) is 18.7. The zero-order chi connectivity index (χ0) is 21.0. The fourth-order valence-corrected chi connectivity index (χ4v) is 4.12. The van der Waals surface area contributed by atoms with Crippen LogP contribution < -0.4 is 10.6 Å². The van der Waals surface area contributed by atoms with Crippen LogP contribution in [0.25, 0.3) is 0 Å². The summed E-state index contributed by atoms with van der Waals surface area (Å²) in [7, 11) is 1.74. The number of hydrogen-bond acceptors (Lipinski definition) is 2. The molecule has 0 bridgehead atoms. The number of halogens is 1. The van der Waals surface area contributed by atoms with Gasteiger partial charge in [-0.15, -0.1) is 0 Å². The second-order valence-electron chi connectivity index (χ2n) is 8.27. The van der Waals surface area contributed by atoms with Crippen LogP contribution in [-0.4, -0.2) is 36.9 Å². The number of carbonyl (C=O) groups excluding carboxylic acids is 1. The Kier molecular flexibility index (Phi) is 6.02. The molecule has 2 N–H and O–H groups in total. The number of nitrogens with zero attached hydrogens (tertiary/aromatic N) is 2. The van der Waals surface area contributed by atoms with Gasteiger partial charge in [0.2, 0.25) is 5.91 Å². The van der Waals surface area contributed by atoms with Crippen LogP contribution in [0.3, 0.4) is 0 Å². The van der Waals surface area contributed by atoms with E-state index < -0.39 is 0 Å². The highest BCUT2D eigenvalue weighted by Crippen LogP contribution is 2.47. The maximum Gasteiger partial charge on any atom is 0.223 e. The van der Waals surface area contributed by atoms with Crippen LogP contribution in [0.5, 0.6) is 0 Å². The molecule has 1 amide bonds. The summed E-state index contributed by atoms with van der Waals surface area (Å²) in [5.41, 5.74) is 3.55. The molecule has 0 saturated heterocycles. The smallest absolute Gasteiger partial charge is 0.223 e. The first-order chi connectivity index (χ1) is 14.6. The van der Waals surface area contributed by atoms with Crippen molar-refractivity contribution in [2.24, 2.45) is 4.99 Å². The van der Waals surface area contributed by atoms with Crippen LogP contribution in [-0.2, 0) is 23.3 Å². The summed E-state index contributed by atoms with van der Waals surface area (Å²) in [6.45, 7) is 2.84. The van der Waals surface area contributed by atoms with Crippen LogP contribution in [0.15, 0.2) is 53.5 Å². The maximum atomic E-state index is 13.6. The zero-order valence-corrected chi connectivity index (χ0v) is 17.5. The molecular weight excluding hydrogens is 379 g/mol. The van der Waals surface area contributed by atoms with Gasteiger partial charge in [-0.05, 0) is 48.1 Å². The van der Waals surface area contributed by atoms with Crippen molar-refractivity contribution in [1.82, 2.24) is 15.5 Å². The summed E-state index contributed by atoms with van der Waals surface area (Å²) >= 11 is 0. The third-order valence-electron chi connectivity index (χ3n) is 6.16. The fourth-order valence-electron chi connectivity index (χ4n) is 4.12. The maximum absolute atomic E-state index is 13.6. The van der Waals surface area contributed by atoms with Crippen molar-refractivity contribution in [3.63, 3.8) is 0 Å². The van der Waals surface area contributed by atoms with Crippen LogP contribution >= 0.6 is 0 Å². The molecule has 1 fully saturated rings. The molecule has 1 aliphatic carbocycles. The van der Waals surface area contributed by atoms with Crippen molar-refractivity contribution in [3.05, 3.63) is 71.0 Å². The lowest BCUT2D eigenvalue weighted by molar-refractivity contribution is -0.131. The predicted molar refractivity (Wildman–Crippen MR) is 117 cm³/mol. The van der Waals surface area contributed by atoms with E-state index in [1.165, 1.54) is 17.2 Å². The van der Waals surface area contributed by atoms with Gasteiger partial charge in [-0.1, -0.05) is 36.4 Å². The minimum Gasteiger partial charge on any atom is -0.356 e. The number of rotatable bonds is 7. The van der Waals surface area contributed by atoms with Gasteiger partial charge >= 0.3 is 0 Å². The normalized spacial score (nSPS) is 16.9. The van der Waals surface area contributed by atoms with Crippen molar-refractivity contribution in [2.45, 2.75) is 44.2 Å². The van der Waals surface area contributed by atoms with E-state index >= 15 is 0 Å². The Balaban J connectivity index is 1.18. The van der Waals surface area contributed by atoms with E-state index in [0.29, 0.717) is 26.1 Å². The van der Waals surface area contributed by atoms with Gasteiger partial charge in [0.25, 0.3) is 0 Å². The van der Waals surface area contributed by atoms with Crippen molar-refractivity contribution in [2.75, 3.05) is 20.1 Å². The summed E-state index contributed by atoms with van der Waals surface area (Å²) < 4.78 is 13.6. The molecule has 1 saturated carbocycles. The van der Waals surface area contributed by atoms with Crippen LogP contribution in [0.1, 0.15) is 42.4 Å². The second kappa shape index (κ2) is 8.86. The number of fused-ring (bicyclic) bond motifs is 1. The molecule has 30 heavy (non-hydrogen) atoms. The Bertz CT molecular complexity index is 913. The number of hydrogen-bond donors (Lipinski definition) is 2. The lowest BCUT2D eigenvalue weighted by atomic mass is 9.96. The average molecular weight is 409 g/mol. The molecule has 4 rings (SSSR count). The number of carbonyl (C=O) groups is 1. The molecule has 1 aliphatic heterocycles. The van der Waals surface area contributed by atoms with E-state index in [1.807, 2.05) is 23.1 Å². The summed E-state index contributed by atoms with van der Waals surface area (Å²) in [5.74, 6) is 0.727. The number of guanidine groups is 1. The largest absolute Gasteiger partial charge is 0.356 e. The highest BCUT2D eigenvalue weighted by molar-refractivity contribution is 5.80. The average Bonchev–Trinajstić information content (AvgIpc) is 3.43. The minimum absolute atomic E-state index is 0.000441. The first kappa shape index (κ1) is 20.4. The molecule has 0 aromatic heterocycles. The van der Waals surface area contributed by atoms with Crippen LogP contribution in [0, 0.1) is 5.82 Å². The topological polar surface area (TPSA) is 56.7 Å². The van der Waals surface area contributed by atoms with E-state index in [4.69, 9.17) is 0 Å². The summed E-state index contributed by atoms with van der Waals surface area (Å²) in [6.07, 6.45) is 3.37. The number of amides is 1. The van der Waals surface area contributed by atoms with Crippen LogP contribution in [0.4, 0.5) is 4.39 Å². The molecule has 5 nitrogen and oxygen atoms in total. The van der Waals surface area contributed by atoms with E-state index in [-0.39, 0.29) is 17.1 Å². The summed E-state index contributed by atoms with van der Waals surface area (Å²) in [5, 5.41) is 6.66. The Morgan fingerprint density at radius 2 is 1.83 bits per heavy atom. The fraction of sp³-hybridized carbons (Fsp3) is 0.417. The molecule has 0 atom stereocenters. The van der Waals surface area contributed by atoms with E-state index in [9.17, 15) is 9.18 Å². The quantitative estimate of drug-likeness (QED) is 0.420. The lowest BCUT2D eigenvalue weighted by Gasteiger charge is -2.19. The molecule has 158 valence electrons. The Morgan fingerprint density at radius 3 is 2.47 bits per heavy atom. The minimum atomic E-state index is -0.188. The van der Waals surface area contributed by atoms with Crippen LogP contribution in [0.2, 0.25) is 0 Å². The Labute approximate surface area is 177 Å². The van der Waals surface area contributed by atoms with Gasteiger partial charge < -0.3 is 15.5 Å². The van der Waals surface area contributed by atoms with Gasteiger partial charge in [0, 0.05) is 45.1 Å². The monoisotopic (exact) mass is 408 g/mol. The van der Waals surface area contributed by atoms with E-state index in [2.05, 4.69) is 27.8 Å². The molecule has 0 radical (unpaired) electrons. The lowest BCUT2D eigenvalue weighted by Crippen LogP contribution is -2.41. The van der Waals surface area contributed by atoms with Gasteiger partial charge in [0.1, 0.15) is 5.82 Å². The zero-order valence-electron chi connectivity index (χ0n) is 17.5. The van der Waals surface area contributed by atoms with E-state index in [1.54, 1.807) is 19.2 Å². The molecule has 6 heteroatoms. The van der Waals surface area contributed by atoms with Gasteiger partial charge in [0.05, 0.1) is 0 Å². The highest BCUT2D eigenvalue weighted by Gasteiger charge is 2.44. The molecule has 0 unspecified atom stereocenters. The molecule has 2 aliphatic rings. The van der Waals surface area contributed by atoms with Gasteiger partial charge in [0.15, 0.2) is 5.96 Å². The van der Waals surface area contributed by atoms with Crippen molar-refractivity contribution < 1.29 is 9.18 Å². The molecule has 2 aromatic rings. The first-order valence-electron chi connectivity index (χ1n) is 10.6. The highest BCUT2D eigenvalue weighted by atomic mass is 19.1. The van der Waals surface area contributed by atoms with E-state index in [0.717, 1.165) is 37.3 Å². The number of aliphatic imine (C=N–C) groups is 1. The van der Waals surface area contributed by atoms with Crippen molar-refractivity contribution in [1.29, 1.82) is 0 Å². The molecule has 0 spiro atoms. The molecule has 2 aromatic carbocycles. The van der Waals surface area contributed by atoms with Crippen molar-refractivity contribution >= 4 is 11.9 Å². The standard InChI is InChI=1S/C24H29FN4O/c1-26-23(28-17-24(11-12-24)20-8-4-9-21(25)14-20)27-13-5-10-22(30)29-15-18-6-2-3-7-19(18)16-29/h2-4,6-9,14H,5,10-13,15-17H2,1H3,(H2,26,27,28). The third-order valence-corrected chi connectivity index (χ3v) is 6.16. The molecular formula is C24H29FN4O. The molecule has 1 heterocycles. The second-order valence-corrected chi connectivity index (χ2v) is 8.27. The third kappa shape index (κ3) is 4.64. The Hall–Kier alpha value is -2.89. The van der Waals surface area contributed by atoms with Gasteiger partial charge in [-0.3, -0.25) is 9.79 Å². The van der Waals surface area contributed by atoms with Crippen molar-refractivity contribution in [3.8, 4) is 0 Å². The number of nitrogens with one attached hydrogen (secondary N) is 2.